The van der Waals surface area contributed by atoms with Gasteiger partial charge in [-0.25, -0.2) is 0 Å². The van der Waals surface area contributed by atoms with Gasteiger partial charge in [-0.05, 0) is 265 Å². The van der Waals surface area contributed by atoms with Crippen molar-refractivity contribution >= 4 is 0 Å². The van der Waals surface area contributed by atoms with E-state index in [0.717, 1.165) is 32.1 Å². The predicted octanol–water partition coefficient (Wildman–Crippen LogP) is 24.0. The van der Waals surface area contributed by atoms with Crippen molar-refractivity contribution in [3.63, 3.8) is 0 Å². The molecule has 0 saturated heterocycles. The smallest absolute Gasteiger partial charge is 0.196 e. The molecule has 144 heavy (non-hydrogen) atoms. The van der Waals surface area contributed by atoms with Crippen LogP contribution in [-0.2, 0) is 103 Å². The third-order valence-corrected chi connectivity index (χ3v) is 31.2. The fourth-order valence-corrected chi connectivity index (χ4v) is 23.5. The summed E-state index contributed by atoms with van der Waals surface area (Å²) in [5.41, 5.74) is 65.2. The normalized spacial score (nSPS) is 12.0. The predicted molar refractivity (Wildman–Crippen MR) is 582 cm³/mol. The molecule has 5 aliphatic rings. The molecule has 10 aromatic carbocycles. The van der Waals surface area contributed by atoms with Crippen LogP contribution in [0.2, 0.25) is 0 Å². The van der Waals surface area contributed by atoms with Crippen LogP contribution in [0, 0.1) is 62.3 Å². The first-order valence-corrected chi connectivity index (χ1v) is 50.7. The zero-order valence-electron chi connectivity index (χ0n) is 86.7. The highest BCUT2D eigenvalue weighted by atomic mass is 15.1. The molecule has 0 atom stereocenters. The molecule has 0 radical (unpaired) electrons. The van der Waals surface area contributed by atoms with Gasteiger partial charge in [-0.1, -0.05) is 199 Å². The first-order valence-electron chi connectivity index (χ1n) is 50.7. The van der Waals surface area contributed by atoms with Gasteiger partial charge in [-0.15, -0.1) is 0 Å². The molecular weight excluding hydrogens is 1750 g/mol. The number of benzene rings is 10. The molecule has 704 valence electrons. The summed E-state index contributed by atoms with van der Waals surface area (Å²) in [6, 6.07) is 124. The Morgan fingerprint density at radius 2 is 0.444 bits per heavy atom. The Bertz CT molecular complexity index is 8600. The van der Waals surface area contributed by atoms with E-state index in [4.69, 9.17) is 0 Å². The molecule has 0 aliphatic heterocycles. The molecule has 10 aromatic heterocycles. The number of hydrogen-bond donors (Lipinski definition) is 0. The molecule has 0 unspecified atom stereocenters. The Morgan fingerprint density at radius 3 is 0.826 bits per heavy atom. The zero-order valence-corrected chi connectivity index (χ0v) is 86.7. The summed E-state index contributed by atoms with van der Waals surface area (Å²) in [5, 5.41) is 0. The van der Waals surface area contributed by atoms with Crippen molar-refractivity contribution in [2.24, 2.45) is 70.5 Å². The Kier molecular flexibility index (Phi) is 25.4. The lowest BCUT2D eigenvalue weighted by atomic mass is 9.94. The monoisotopic (exact) mass is 1880 g/mol. The van der Waals surface area contributed by atoms with Crippen LogP contribution in [0.3, 0.4) is 0 Å². The van der Waals surface area contributed by atoms with Crippen molar-refractivity contribution in [1.29, 1.82) is 0 Å². The molecule has 10 nitrogen and oxygen atoms in total. The van der Waals surface area contributed by atoms with Crippen LogP contribution in [0.5, 0.6) is 0 Å². The second-order valence-electron chi connectivity index (χ2n) is 40.3. The first-order chi connectivity index (χ1) is 69.8. The Labute approximate surface area is 850 Å². The van der Waals surface area contributed by atoms with E-state index >= 15 is 0 Å². The van der Waals surface area contributed by atoms with Crippen molar-refractivity contribution in [3.8, 4) is 169 Å². The van der Waals surface area contributed by atoms with E-state index in [0.29, 0.717) is 0 Å². The molecule has 0 saturated carbocycles. The molecule has 0 spiro atoms. The largest absolute Gasteiger partial charge is 0.285 e. The molecule has 0 N–H and O–H groups in total. The second kappa shape index (κ2) is 39.0. The van der Waals surface area contributed by atoms with Crippen LogP contribution in [0.15, 0.2) is 371 Å². The van der Waals surface area contributed by atoms with E-state index in [1.165, 1.54) is 275 Å². The van der Waals surface area contributed by atoms with E-state index < -0.39 is 0 Å². The molecule has 0 amide bonds. The van der Waals surface area contributed by atoms with Crippen molar-refractivity contribution in [3.05, 3.63) is 476 Å². The Morgan fingerprint density at radius 1 is 0.160 bits per heavy atom. The maximum absolute atomic E-state index is 2.42. The molecule has 25 rings (SSSR count). The minimum atomic E-state index is 0.982. The highest BCUT2D eigenvalue weighted by Crippen LogP contribution is 2.49. The topological polar surface area (TPSA) is 38.8 Å². The summed E-state index contributed by atoms with van der Waals surface area (Å²) in [6.07, 6.45) is 15.7. The maximum atomic E-state index is 2.42. The van der Waals surface area contributed by atoms with Gasteiger partial charge >= 0.3 is 0 Å². The third kappa shape index (κ3) is 17.0. The van der Waals surface area contributed by atoms with Gasteiger partial charge in [0.15, 0.2) is 31.0 Å². The number of pyridine rings is 10. The van der Waals surface area contributed by atoms with Gasteiger partial charge in [0.25, 0.3) is 56.9 Å². The molecular formula is C134H128N10+10. The summed E-state index contributed by atoms with van der Waals surface area (Å²) in [6.45, 7) is 19.9. The highest BCUT2D eigenvalue weighted by Gasteiger charge is 2.42. The summed E-state index contributed by atoms with van der Waals surface area (Å²) >= 11 is 0. The first kappa shape index (κ1) is 94.0. The van der Waals surface area contributed by atoms with Crippen LogP contribution in [0.1, 0.15) is 106 Å². The molecule has 5 aliphatic carbocycles. The van der Waals surface area contributed by atoms with Gasteiger partial charge in [0.05, 0.1) is 16.7 Å². The summed E-state index contributed by atoms with van der Waals surface area (Å²) in [7, 11) is 21.7. The van der Waals surface area contributed by atoms with Crippen molar-refractivity contribution in [2.45, 2.75) is 94.4 Å². The molecule has 10 heteroatoms. The van der Waals surface area contributed by atoms with E-state index in [-0.39, 0.29) is 0 Å². The Hall–Kier alpha value is -16.3. The van der Waals surface area contributed by atoms with Gasteiger partial charge in [0.1, 0.15) is 70.5 Å². The lowest BCUT2D eigenvalue weighted by Crippen LogP contribution is -2.41. The highest BCUT2D eigenvalue weighted by molar-refractivity contribution is 5.91. The number of nitrogens with zero attached hydrogens (tertiary/aromatic N) is 10. The second-order valence-corrected chi connectivity index (χ2v) is 40.3. The zero-order chi connectivity index (χ0) is 99.7. The lowest BCUT2D eigenvalue weighted by Gasteiger charge is -2.13. The maximum Gasteiger partial charge on any atom is 0.285 e. The molecule has 0 fully saturated rings. The van der Waals surface area contributed by atoms with Gasteiger partial charge in [-0.3, -0.25) is 0 Å². The lowest BCUT2D eigenvalue weighted by molar-refractivity contribution is -0.685. The summed E-state index contributed by atoms with van der Waals surface area (Å²) < 4.78 is 23.1. The average molecular weight is 1880 g/mol. The number of aryl methyl sites for hydroxylation is 12. The Balaban J connectivity index is 0.000000106. The van der Waals surface area contributed by atoms with Gasteiger partial charge in [0, 0.05) is 143 Å². The van der Waals surface area contributed by atoms with E-state index in [1.54, 1.807) is 0 Å². The van der Waals surface area contributed by atoms with Gasteiger partial charge in [0.2, 0.25) is 28.5 Å². The molecule has 0 bridgehead atoms. The van der Waals surface area contributed by atoms with Crippen molar-refractivity contribution in [1.82, 2.24) is 0 Å². The molecule has 20 aromatic rings. The SMILES string of the molecule is Cc1cc(C)c(C)c(-c2cc3c(c(-c4cccc[n+]4C)[n+]2C)-c2ccccc2C3)c1.Cc1cc(C)c(C)c(-c2cc3c(c(-c4cccc[n+]4C)[n+]2C)Cc2ccccc2-3)c1.Cc1ccccc1-c1cc2c(c(-c3cccc[n+]3C)[n+]1C)-c1ccccc1C2.Cc1ccccc1-c1cc2c(c(-c3cccc[n+]3C)[n+]1C)Cc1ccccc1-2.Cc1ccccc1-c1cccc(-c2c3c(cc[n+]2C)Cc2ccccc2-3)[n+]1C. The summed E-state index contributed by atoms with van der Waals surface area (Å²) in [5.74, 6) is 0. The minimum Gasteiger partial charge on any atom is -0.196 e. The van der Waals surface area contributed by atoms with Gasteiger partial charge in [-0.2, -0.15) is 45.7 Å². The third-order valence-electron chi connectivity index (χ3n) is 31.2. The fourth-order valence-electron chi connectivity index (χ4n) is 23.5. The molecule has 10 heterocycles. The number of hydrogen-bond acceptors (Lipinski definition) is 0. The van der Waals surface area contributed by atoms with Crippen LogP contribution in [0.4, 0.5) is 0 Å². The van der Waals surface area contributed by atoms with Crippen LogP contribution >= 0.6 is 0 Å². The minimum absolute atomic E-state index is 0.982. The van der Waals surface area contributed by atoms with E-state index in [2.05, 4.69) is 549 Å². The van der Waals surface area contributed by atoms with Crippen LogP contribution in [0.25, 0.3) is 169 Å². The van der Waals surface area contributed by atoms with Crippen molar-refractivity contribution in [2.75, 3.05) is 0 Å². The van der Waals surface area contributed by atoms with Crippen LogP contribution in [-0.4, -0.2) is 0 Å². The van der Waals surface area contributed by atoms with Crippen molar-refractivity contribution < 1.29 is 45.7 Å². The quantitative estimate of drug-likeness (QED) is 0.122. The number of rotatable bonds is 10. The number of aromatic nitrogens is 10. The fraction of sp³-hybridized carbons (Fsp3) is 0.179. The standard InChI is InChI=1S/2C28H28N2.3C26H24N2/c1-18-14-19(2)20(3)24(15-18)26-17-22-16-21-10-6-7-11-23(21)27(22)28(30(26)5)25-12-8-9-13-29(25)4;1-18-14-19(2)20(3)23(15-18)27-17-24-22-11-7-6-10-21(22)16-25(24)28(30(27)5)26-12-8-9-13-29(26)4;1-18-10-4-6-12-21(18)24-17-20-16-19-11-5-7-13-22(19)25(20)26(28(24)3)23-14-8-9-15-27(23)2;1-18-10-4-6-12-20(18)25-17-22-21-13-7-5-11-19(21)16-23(22)26(28(25)3)24-14-8-9-15-27(24)2;1-18-9-4-6-11-21(18)23-13-8-14-24(28(23)3)26-25-20(15-16-27(26)2)17-19-10-5-7-12-22(19)25/h2*6-15,17H,16H2,1-5H3;2*4-15,17H,16H2,1-3H3;4-16H,17H2,1-3H3/q5*+2. The van der Waals surface area contributed by atoms with E-state index in [9.17, 15) is 0 Å². The summed E-state index contributed by atoms with van der Waals surface area (Å²) in [4.78, 5) is 0. The van der Waals surface area contributed by atoms with Crippen LogP contribution < -0.4 is 45.7 Å². The number of fused-ring (bicyclic) bond motifs is 15. The average Bonchev–Trinajstić information content (AvgIpc) is 1.57. The van der Waals surface area contributed by atoms with Gasteiger partial charge < -0.3 is 0 Å². The van der Waals surface area contributed by atoms with E-state index in [1.807, 2.05) is 0 Å².